The van der Waals surface area contributed by atoms with E-state index in [-0.39, 0.29) is 17.7 Å². The fourth-order valence-electron chi connectivity index (χ4n) is 2.70. The quantitative estimate of drug-likeness (QED) is 0.660. The average molecular weight is 350 g/mol. The van der Waals surface area contributed by atoms with Crippen molar-refractivity contribution in [3.8, 4) is 0 Å². The summed E-state index contributed by atoms with van der Waals surface area (Å²) in [6, 6.07) is 12.1. The molecule has 2 amide bonds. The van der Waals surface area contributed by atoms with E-state index >= 15 is 0 Å². The second-order valence-electron chi connectivity index (χ2n) is 6.72. The summed E-state index contributed by atoms with van der Waals surface area (Å²) in [7, 11) is 0. The Kier molecular flexibility index (Phi) is 5.02. The summed E-state index contributed by atoms with van der Waals surface area (Å²) >= 11 is 0. The van der Waals surface area contributed by atoms with Crippen LogP contribution < -0.4 is 10.6 Å². The number of nitrogens with zero attached hydrogens (tertiary/aromatic N) is 1. The highest BCUT2D eigenvalue weighted by atomic mass is 16.2. The van der Waals surface area contributed by atoms with Gasteiger partial charge in [0.1, 0.15) is 6.04 Å². The highest BCUT2D eigenvalue weighted by Crippen LogP contribution is 2.17. The van der Waals surface area contributed by atoms with Crippen molar-refractivity contribution in [2.45, 2.75) is 26.8 Å². The van der Waals surface area contributed by atoms with Gasteiger partial charge in [-0.05, 0) is 43.2 Å². The van der Waals surface area contributed by atoms with E-state index in [1.165, 1.54) is 0 Å². The molecule has 3 N–H and O–H groups in total. The minimum atomic E-state index is -0.635. The third-order valence-electron chi connectivity index (χ3n) is 4.26. The van der Waals surface area contributed by atoms with Gasteiger partial charge in [-0.3, -0.25) is 14.7 Å². The number of anilines is 1. The molecule has 3 rings (SSSR count). The van der Waals surface area contributed by atoms with Crippen LogP contribution in [0.5, 0.6) is 0 Å². The van der Waals surface area contributed by atoms with Crippen molar-refractivity contribution in [1.82, 2.24) is 15.5 Å². The lowest BCUT2D eigenvalue weighted by Gasteiger charge is -2.22. The SMILES string of the molecule is Cc1ccc(C(=O)N[C@H](C(=O)Nc2ccc3[nH]ncc3c2)C(C)C)cc1. The largest absolute Gasteiger partial charge is 0.340 e. The number of aromatic nitrogens is 2. The molecular weight excluding hydrogens is 328 g/mol. The van der Waals surface area contributed by atoms with Gasteiger partial charge in [-0.15, -0.1) is 0 Å². The number of carbonyl (C=O) groups is 2. The molecule has 6 heteroatoms. The molecule has 3 aromatic rings. The maximum Gasteiger partial charge on any atom is 0.251 e. The monoisotopic (exact) mass is 350 g/mol. The van der Waals surface area contributed by atoms with Gasteiger partial charge in [0.05, 0.1) is 11.7 Å². The lowest BCUT2D eigenvalue weighted by atomic mass is 10.0. The Morgan fingerprint density at radius 3 is 2.50 bits per heavy atom. The Balaban J connectivity index is 1.72. The van der Waals surface area contributed by atoms with Crippen molar-refractivity contribution >= 4 is 28.4 Å². The van der Waals surface area contributed by atoms with Gasteiger partial charge >= 0.3 is 0 Å². The van der Waals surface area contributed by atoms with Crippen LogP contribution in [0.4, 0.5) is 5.69 Å². The summed E-state index contributed by atoms with van der Waals surface area (Å²) < 4.78 is 0. The molecule has 0 saturated heterocycles. The van der Waals surface area contributed by atoms with Gasteiger partial charge in [-0.25, -0.2) is 0 Å². The van der Waals surface area contributed by atoms with Crippen LogP contribution in [0.25, 0.3) is 10.9 Å². The number of rotatable bonds is 5. The first-order chi connectivity index (χ1) is 12.4. The van der Waals surface area contributed by atoms with Crippen LogP contribution in [0.15, 0.2) is 48.7 Å². The Hall–Kier alpha value is -3.15. The van der Waals surface area contributed by atoms with Gasteiger partial charge in [0.2, 0.25) is 5.91 Å². The lowest BCUT2D eigenvalue weighted by Crippen LogP contribution is -2.47. The number of fused-ring (bicyclic) bond motifs is 1. The van der Waals surface area contributed by atoms with Gasteiger partial charge in [0.15, 0.2) is 0 Å². The average Bonchev–Trinajstić information content (AvgIpc) is 3.07. The first-order valence-electron chi connectivity index (χ1n) is 8.55. The third-order valence-corrected chi connectivity index (χ3v) is 4.26. The number of aromatic amines is 1. The number of hydrogen-bond acceptors (Lipinski definition) is 3. The third kappa shape index (κ3) is 3.91. The normalized spacial score (nSPS) is 12.2. The molecule has 0 spiro atoms. The van der Waals surface area contributed by atoms with E-state index in [0.29, 0.717) is 11.3 Å². The Bertz CT molecular complexity index is 928. The molecule has 0 aliphatic carbocycles. The predicted octanol–water partition coefficient (Wildman–Crippen LogP) is 3.26. The van der Waals surface area contributed by atoms with Crippen molar-refractivity contribution in [3.05, 3.63) is 59.8 Å². The molecule has 1 atom stereocenters. The predicted molar refractivity (Wildman–Crippen MR) is 102 cm³/mol. The van der Waals surface area contributed by atoms with Crippen LogP contribution in [0.3, 0.4) is 0 Å². The van der Waals surface area contributed by atoms with Crippen LogP contribution in [-0.4, -0.2) is 28.1 Å². The number of benzene rings is 2. The van der Waals surface area contributed by atoms with Gasteiger partial charge < -0.3 is 10.6 Å². The Labute approximate surface area is 152 Å². The van der Waals surface area contributed by atoms with Crippen LogP contribution in [0.1, 0.15) is 29.8 Å². The van der Waals surface area contributed by atoms with E-state index in [1.54, 1.807) is 24.4 Å². The summed E-state index contributed by atoms with van der Waals surface area (Å²) in [4.78, 5) is 25.2. The van der Waals surface area contributed by atoms with Crippen molar-refractivity contribution in [2.24, 2.45) is 5.92 Å². The van der Waals surface area contributed by atoms with Gasteiger partial charge in [0, 0.05) is 16.6 Å². The molecule has 0 bridgehead atoms. The van der Waals surface area contributed by atoms with Crippen molar-refractivity contribution in [2.75, 3.05) is 5.32 Å². The molecule has 2 aromatic carbocycles. The smallest absolute Gasteiger partial charge is 0.251 e. The first kappa shape index (κ1) is 17.7. The van der Waals surface area contributed by atoms with Gasteiger partial charge in [-0.2, -0.15) is 5.10 Å². The highest BCUT2D eigenvalue weighted by molar-refractivity contribution is 6.02. The molecule has 134 valence electrons. The minimum Gasteiger partial charge on any atom is -0.340 e. The maximum atomic E-state index is 12.7. The summed E-state index contributed by atoms with van der Waals surface area (Å²) in [5.74, 6) is -0.561. The molecule has 0 fully saturated rings. The molecule has 26 heavy (non-hydrogen) atoms. The fourth-order valence-corrected chi connectivity index (χ4v) is 2.70. The van der Waals surface area contributed by atoms with Crippen LogP contribution in [0.2, 0.25) is 0 Å². The molecule has 0 unspecified atom stereocenters. The molecule has 0 saturated carbocycles. The topological polar surface area (TPSA) is 86.9 Å². The summed E-state index contributed by atoms with van der Waals surface area (Å²) in [6.45, 7) is 5.76. The molecule has 1 heterocycles. The zero-order chi connectivity index (χ0) is 18.7. The number of carbonyl (C=O) groups excluding carboxylic acids is 2. The van der Waals surface area contributed by atoms with E-state index in [1.807, 2.05) is 45.0 Å². The number of nitrogens with one attached hydrogen (secondary N) is 3. The first-order valence-corrected chi connectivity index (χ1v) is 8.55. The van der Waals surface area contributed by atoms with E-state index in [9.17, 15) is 9.59 Å². The van der Waals surface area contributed by atoms with E-state index in [2.05, 4.69) is 20.8 Å². The molecule has 6 nitrogen and oxygen atoms in total. The maximum absolute atomic E-state index is 12.7. The van der Waals surface area contributed by atoms with Crippen LogP contribution in [-0.2, 0) is 4.79 Å². The fraction of sp³-hybridized carbons (Fsp3) is 0.250. The zero-order valence-corrected chi connectivity index (χ0v) is 15.0. The number of hydrogen-bond donors (Lipinski definition) is 3. The second kappa shape index (κ2) is 7.39. The van der Waals surface area contributed by atoms with Gasteiger partial charge in [-0.1, -0.05) is 31.5 Å². The highest BCUT2D eigenvalue weighted by Gasteiger charge is 2.24. The summed E-state index contributed by atoms with van der Waals surface area (Å²) in [5, 5.41) is 13.5. The molecule has 0 aliphatic heterocycles. The molecular formula is C20H22N4O2. The summed E-state index contributed by atoms with van der Waals surface area (Å²) in [6.07, 6.45) is 1.70. The van der Waals surface area contributed by atoms with Gasteiger partial charge in [0.25, 0.3) is 5.91 Å². The number of H-pyrrole nitrogens is 1. The number of amides is 2. The zero-order valence-electron chi connectivity index (χ0n) is 15.0. The molecule has 1 aromatic heterocycles. The van der Waals surface area contributed by atoms with E-state index < -0.39 is 6.04 Å². The van der Waals surface area contributed by atoms with Crippen LogP contribution in [0, 0.1) is 12.8 Å². The Morgan fingerprint density at radius 2 is 1.81 bits per heavy atom. The van der Waals surface area contributed by atoms with Crippen molar-refractivity contribution in [1.29, 1.82) is 0 Å². The van der Waals surface area contributed by atoms with Crippen molar-refractivity contribution < 1.29 is 9.59 Å². The summed E-state index contributed by atoms with van der Waals surface area (Å²) in [5.41, 5.74) is 3.18. The van der Waals surface area contributed by atoms with Crippen LogP contribution >= 0.6 is 0 Å². The standard InChI is InChI=1S/C20H22N4O2/c1-12(2)18(23-19(25)14-6-4-13(3)5-7-14)20(26)22-16-8-9-17-15(10-16)11-21-24-17/h4-12,18H,1-3H3,(H,21,24)(H,22,26)(H,23,25)/t18-/m0/s1. The Morgan fingerprint density at radius 1 is 1.08 bits per heavy atom. The van der Waals surface area contributed by atoms with E-state index in [0.717, 1.165) is 16.5 Å². The van der Waals surface area contributed by atoms with E-state index in [4.69, 9.17) is 0 Å². The van der Waals surface area contributed by atoms with Crippen molar-refractivity contribution in [3.63, 3.8) is 0 Å². The second-order valence-corrected chi connectivity index (χ2v) is 6.72. The minimum absolute atomic E-state index is 0.0537. The molecule has 0 aliphatic rings. The number of aryl methyl sites for hydroxylation is 1. The molecule has 0 radical (unpaired) electrons. The lowest BCUT2D eigenvalue weighted by molar-refractivity contribution is -0.118.